The van der Waals surface area contributed by atoms with Gasteiger partial charge in [0, 0.05) is 10.8 Å². The fourth-order valence-electron chi connectivity index (χ4n) is 2.97. The van der Waals surface area contributed by atoms with E-state index in [0.717, 1.165) is 33.0 Å². The van der Waals surface area contributed by atoms with Gasteiger partial charge in [-0.05, 0) is 35.0 Å². The summed E-state index contributed by atoms with van der Waals surface area (Å²) in [6.07, 6.45) is 0. The molecular formula is C19H11NO. The third kappa shape index (κ3) is 1.50. The predicted molar refractivity (Wildman–Crippen MR) is 86.5 cm³/mol. The second kappa shape index (κ2) is 3.83. The van der Waals surface area contributed by atoms with Crippen LogP contribution in [0.2, 0.25) is 0 Å². The topological polar surface area (TPSA) is 26.0 Å². The lowest BCUT2D eigenvalue weighted by Gasteiger charge is -1.97. The van der Waals surface area contributed by atoms with E-state index in [2.05, 4.69) is 42.5 Å². The van der Waals surface area contributed by atoms with Gasteiger partial charge in [-0.15, -0.1) is 0 Å². The number of hydrogen-bond donors (Lipinski definition) is 0. The first-order valence-corrected chi connectivity index (χ1v) is 6.99. The van der Waals surface area contributed by atoms with Crippen molar-refractivity contribution in [3.63, 3.8) is 0 Å². The third-order valence-electron chi connectivity index (χ3n) is 4.01. The van der Waals surface area contributed by atoms with Gasteiger partial charge in [-0.3, -0.25) is 0 Å². The van der Waals surface area contributed by atoms with Gasteiger partial charge in [0.2, 0.25) is 0 Å². The van der Waals surface area contributed by atoms with E-state index in [4.69, 9.17) is 9.40 Å². The second-order valence-corrected chi connectivity index (χ2v) is 5.33. The molecule has 0 aliphatic carbocycles. The molecule has 0 atom stereocenters. The number of benzene rings is 3. The molecule has 21 heavy (non-hydrogen) atoms. The zero-order valence-corrected chi connectivity index (χ0v) is 11.2. The highest BCUT2D eigenvalue weighted by atomic mass is 16.3. The monoisotopic (exact) mass is 269 g/mol. The first-order valence-electron chi connectivity index (χ1n) is 6.99. The molecule has 2 heteroatoms. The average Bonchev–Trinajstić information content (AvgIpc) is 2.87. The van der Waals surface area contributed by atoms with Gasteiger partial charge < -0.3 is 4.42 Å². The Hall–Kier alpha value is -2.87. The third-order valence-corrected chi connectivity index (χ3v) is 4.01. The van der Waals surface area contributed by atoms with Gasteiger partial charge in [0.15, 0.2) is 5.58 Å². The van der Waals surface area contributed by atoms with Gasteiger partial charge in [0.1, 0.15) is 11.1 Å². The molecule has 5 aromatic rings. The summed E-state index contributed by atoms with van der Waals surface area (Å²) in [6.45, 7) is 0. The second-order valence-electron chi connectivity index (χ2n) is 5.33. The quantitative estimate of drug-likeness (QED) is 0.382. The number of rotatable bonds is 0. The Kier molecular flexibility index (Phi) is 1.98. The molecule has 0 radical (unpaired) electrons. The van der Waals surface area contributed by atoms with Gasteiger partial charge in [-0.1, -0.05) is 42.5 Å². The van der Waals surface area contributed by atoms with Crippen molar-refractivity contribution in [2.24, 2.45) is 0 Å². The van der Waals surface area contributed by atoms with Crippen LogP contribution in [0.15, 0.2) is 71.1 Å². The highest BCUT2D eigenvalue weighted by Gasteiger charge is 2.10. The molecule has 0 unspecified atom stereocenters. The van der Waals surface area contributed by atoms with Gasteiger partial charge >= 0.3 is 0 Å². The molecule has 2 heterocycles. The molecule has 0 spiro atoms. The molecule has 0 aliphatic heterocycles. The Bertz CT molecular complexity index is 1050. The van der Waals surface area contributed by atoms with E-state index in [-0.39, 0.29) is 0 Å². The summed E-state index contributed by atoms with van der Waals surface area (Å²) in [4.78, 5) is 4.78. The van der Waals surface area contributed by atoms with Crippen molar-refractivity contribution >= 4 is 43.7 Å². The van der Waals surface area contributed by atoms with Crippen LogP contribution in [0.25, 0.3) is 43.7 Å². The predicted octanol–water partition coefficient (Wildman–Crippen LogP) is 5.29. The largest absolute Gasteiger partial charge is 0.454 e. The smallest absolute Gasteiger partial charge is 0.154 e. The number of fused-ring (bicyclic) bond motifs is 5. The minimum atomic E-state index is 0.846. The van der Waals surface area contributed by atoms with E-state index < -0.39 is 0 Å². The molecule has 3 aromatic carbocycles. The van der Waals surface area contributed by atoms with E-state index in [9.17, 15) is 0 Å². The normalized spacial score (nSPS) is 11.8. The van der Waals surface area contributed by atoms with Gasteiger partial charge in [-0.25, -0.2) is 4.98 Å². The average molecular weight is 269 g/mol. The lowest BCUT2D eigenvalue weighted by Crippen LogP contribution is -1.79. The van der Waals surface area contributed by atoms with E-state index in [0.29, 0.717) is 0 Å². The van der Waals surface area contributed by atoms with Crippen molar-refractivity contribution < 1.29 is 4.42 Å². The first-order chi connectivity index (χ1) is 10.4. The molecule has 0 bridgehead atoms. The summed E-state index contributed by atoms with van der Waals surface area (Å²) in [6, 6.07) is 22.8. The Balaban J connectivity index is 2.01. The summed E-state index contributed by atoms with van der Waals surface area (Å²) in [5.74, 6) is 0. The molecule has 2 aromatic heterocycles. The van der Waals surface area contributed by atoms with Crippen LogP contribution in [0.1, 0.15) is 0 Å². The lowest BCUT2D eigenvalue weighted by molar-refractivity contribution is 0.669. The molecule has 0 amide bonds. The summed E-state index contributed by atoms with van der Waals surface area (Å²) < 4.78 is 6.01. The van der Waals surface area contributed by atoms with Crippen molar-refractivity contribution in [1.82, 2.24) is 4.98 Å². The van der Waals surface area contributed by atoms with Crippen LogP contribution in [0.3, 0.4) is 0 Å². The van der Waals surface area contributed by atoms with E-state index in [1.165, 1.54) is 10.8 Å². The maximum atomic E-state index is 6.01. The summed E-state index contributed by atoms with van der Waals surface area (Å²) >= 11 is 0. The highest BCUT2D eigenvalue weighted by molar-refractivity contribution is 6.10. The SMILES string of the molecule is c1ccc2cc3c(cc2c1)oc1cc2ccccc2nc13. The standard InChI is InChI=1S/C19H11NO/c1-2-6-13-10-17-15(9-12(13)5-1)19-18(21-17)11-14-7-3-4-8-16(14)20-19/h1-11H. The molecule has 0 saturated heterocycles. The molecule has 0 fully saturated rings. The van der Waals surface area contributed by atoms with E-state index >= 15 is 0 Å². The van der Waals surface area contributed by atoms with Crippen molar-refractivity contribution in [2.45, 2.75) is 0 Å². The van der Waals surface area contributed by atoms with Crippen LogP contribution >= 0.6 is 0 Å². The van der Waals surface area contributed by atoms with Crippen LogP contribution in [0.4, 0.5) is 0 Å². The summed E-state index contributed by atoms with van der Waals surface area (Å²) in [5, 5.41) is 4.58. The number of pyridine rings is 1. The van der Waals surface area contributed by atoms with Crippen LogP contribution < -0.4 is 0 Å². The first kappa shape index (κ1) is 10.9. The van der Waals surface area contributed by atoms with E-state index in [1.54, 1.807) is 0 Å². The van der Waals surface area contributed by atoms with Gasteiger partial charge in [-0.2, -0.15) is 0 Å². The highest BCUT2D eigenvalue weighted by Crippen LogP contribution is 2.32. The van der Waals surface area contributed by atoms with Crippen LogP contribution in [0.5, 0.6) is 0 Å². The maximum absolute atomic E-state index is 6.01. The zero-order chi connectivity index (χ0) is 13.8. The lowest BCUT2D eigenvalue weighted by atomic mass is 10.1. The van der Waals surface area contributed by atoms with Crippen LogP contribution in [0, 0.1) is 0 Å². The summed E-state index contributed by atoms with van der Waals surface area (Å²) in [5.41, 5.74) is 3.68. The van der Waals surface area contributed by atoms with Gasteiger partial charge in [0.05, 0.1) is 5.52 Å². The molecule has 0 aliphatic rings. The van der Waals surface area contributed by atoms with Crippen LogP contribution in [-0.4, -0.2) is 4.98 Å². The van der Waals surface area contributed by atoms with Crippen molar-refractivity contribution in [3.8, 4) is 0 Å². The minimum absolute atomic E-state index is 0.846. The van der Waals surface area contributed by atoms with Crippen LogP contribution in [-0.2, 0) is 0 Å². The molecular weight excluding hydrogens is 258 g/mol. The number of furan rings is 1. The zero-order valence-electron chi connectivity index (χ0n) is 11.2. The number of nitrogens with zero attached hydrogens (tertiary/aromatic N) is 1. The van der Waals surface area contributed by atoms with E-state index in [1.807, 2.05) is 24.3 Å². The van der Waals surface area contributed by atoms with Gasteiger partial charge in [0.25, 0.3) is 0 Å². The summed E-state index contributed by atoms with van der Waals surface area (Å²) in [7, 11) is 0. The molecule has 2 nitrogen and oxygen atoms in total. The Morgan fingerprint density at radius 3 is 2.19 bits per heavy atom. The van der Waals surface area contributed by atoms with Crippen molar-refractivity contribution in [1.29, 1.82) is 0 Å². The Morgan fingerprint density at radius 1 is 0.667 bits per heavy atom. The number of hydrogen-bond acceptors (Lipinski definition) is 2. The van der Waals surface area contributed by atoms with Crippen molar-refractivity contribution in [3.05, 3.63) is 66.7 Å². The molecule has 5 rings (SSSR count). The number of para-hydroxylation sites is 1. The molecule has 0 N–H and O–H groups in total. The van der Waals surface area contributed by atoms with Crippen molar-refractivity contribution in [2.75, 3.05) is 0 Å². The molecule has 98 valence electrons. The maximum Gasteiger partial charge on any atom is 0.154 e. The fourth-order valence-corrected chi connectivity index (χ4v) is 2.97. The fraction of sp³-hybridized carbons (Fsp3) is 0. The Morgan fingerprint density at radius 2 is 1.33 bits per heavy atom. The Labute approximate surface area is 120 Å². The minimum Gasteiger partial charge on any atom is -0.454 e. The number of aromatic nitrogens is 1. The molecule has 0 saturated carbocycles.